The van der Waals surface area contributed by atoms with Gasteiger partial charge in [-0.2, -0.15) is 5.26 Å². The maximum Gasteiger partial charge on any atom is 0.105 e. The molecule has 0 unspecified atom stereocenters. The maximum absolute atomic E-state index is 9.21. The summed E-state index contributed by atoms with van der Waals surface area (Å²) in [7, 11) is 0. The van der Waals surface area contributed by atoms with Gasteiger partial charge < -0.3 is 10.4 Å². The van der Waals surface area contributed by atoms with Crippen LogP contribution in [-0.2, 0) is 0 Å². The lowest BCUT2D eigenvalue weighted by Gasteiger charge is -2.08. The van der Waals surface area contributed by atoms with E-state index in [9.17, 15) is 5.11 Å². The van der Waals surface area contributed by atoms with Crippen molar-refractivity contribution in [2.24, 2.45) is 0 Å². The smallest absolute Gasteiger partial charge is 0.105 e. The Morgan fingerprint density at radius 2 is 2.19 bits per heavy atom. The van der Waals surface area contributed by atoms with E-state index in [1.165, 1.54) is 6.92 Å². The number of benzene rings is 1. The van der Waals surface area contributed by atoms with Crippen LogP contribution in [-0.4, -0.2) is 11.7 Å². The second kappa shape index (κ2) is 5.92. The molecule has 1 aromatic rings. The van der Waals surface area contributed by atoms with Gasteiger partial charge in [0.1, 0.15) is 11.8 Å². The molecule has 0 aliphatic carbocycles. The molecule has 3 nitrogen and oxygen atoms in total. The Morgan fingerprint density at radius 1 is 1.50 bits per heavy atom. The molecule has 0 aliphatic heterocycles. The topological polar surface area (TPSA) is 56.0 Å². The van der Waals surface area contributed by atoms with Crippen molar-refractivity contribution >= 4 is 37.5 Å². The summed E-state index contributed by atoms with van der Waals surface area (Å²) in [5.41, 5.74) is 1.19. The van der Waals surface area contributed by atoms with Gasteiger partial charge in [0.2, 0.25) is 0 Å². The summed E-state index contributed by atoms with van der Waals surface area (Å²) in [6.45, 7) is 1.80. The van der Waals surface area contributed by atoms with Crippen LogP contribution in [0.3, 0.4) is 0 Å². The average Bonchev–Trinajstić information content (AvgIpc) is 2.23. The summed E-state index contributed by atoms with van der Waals surface area (Å²) >= 11 is 6.76. The van der Waals surface area contributed by atoms with E-state index < -0.39 is 0 Å². The fourth-order valence-corrected chi connectivity index (χ4v) is 1.81. The SMILES string of the molecule is C/C(O)=C(/C#N)CNc1cc(Br)ccc1Br. The molecule has 0 saturated heterocycles. The van der Waals surface area contributed by atoms with Gasteiger partial charge in [-0.3, -0.25) is 0 Å². The first-order valence-corrected chi connectivity index (χ1v) is 6.11. The highest BCUT2D eigenvalue weighted by Gasteiger charge is 2.03. The Hall–Kier alpha value is -0.990. The second-order valence-corrected chi connectivity index (χ2v) is 4.92. The lowest BCUT2D eigenvalue weighted by molar-refractivity contribution is 0.409. The minimum Gasteiger partial charge on any atom is -0.512 e. The van der Waals surface area contributed by atoms with Crippen LogP contribution in [0.15, 0.2) is 38.5 Å². The summed E-state index contributed by atoms with van der Waals surface area (Å²) < 4.78 is 1.85. The van der Waals surface area contributed by atoms with Gasteiger partial charge in [0.15, 0.2) is 0 Å². The van der Waals surface area contributed by atoms with Gasteiger partial charge in [-0.05, 0) is 41.1 Å². The summed E-state index contributed by atoms with van der Waals surface area (Å²) in [6, 6.07) is 7.65. The van der Waals surface area contributed by atoms with Crippen LogP contribution < -0.4 is 5.32 Å². The lowest BCUT2D eigenvalue weighted by Crippen LogP contribution is -2.05. The predicted octanol–water partition coefficient (Wildman–Crippen LogP) is 3.98. The fourth-order valence-electron chi connectivity index (χ4n) is 1.06. The van der Waals surface area contributed by atoms with Crippen LogP contribution >= 0.6 is 31.9 Å². The molecule has 0 heterocycles. The number of allylic oxidation sites excluding steroid dienone is 1. The van der Waals surface area contributed by atoms with Crippen LogP contribution in [0.1, 0.15) is 6.92 Å². The van der Waals surface area contributed by atoms with E-state index >= 15 is 0 Å². The van der Waals surface area contributed by atoms with Crippen LogP contribution in [0.2, 0.25) is 0 Å². The minimum atomic E-state index is 0.0427. The fraction of sp³-hybridized carbons (Fsp3) is 0.182. The molecular formula is C11H10Br2N2O. The normalized spacial score (nSPS) is 11.6. The first kappa shape index (κ1) is 13.1. The molecule has 0 atom stereocenters. The van der Waals surface area contributed by atoms with Gasteiger partial charge in [0, 0.05) is 14.6 Å². The number of nitrogens with one attached hydrogen (secondary N) is 1. The molecule has 0 fully saturated rings. The van der Waals surface area contributed by atoms with Gasteiger partial charge in [-0.15, -0.1) is 0 Å². The number of halogens is 2. The molecule has 0 spiro atoms. The van der Waals surface area contributed by atoms with E-state index in [1.54, 1.807) is 0 Å². The number of nitrogens with zero attached hydrogens (tertiary/aromatic N) is 1. The molecule has 0 radical (unpaired) electrons. The Balaban J connectivity index is 2.80. The zero-order chi connectivity index (χ0) is 12.1. The highest BCUT2D eigenvalue weighted by atomic mass is 79.9. The van der Waals surface area contributed by atoms with Gasteiger partial charge in [0.05, 0.1) is 12.1 Å². The third-order valence-electron chi connectivity index (χ3n) is 1.96. The number of anilines is 1. The summed E-state index contributed by atoms with van der Waals surface area (Å²) in [4.78, 5) is 0. The van der Waals surface area contributed by atoms with Crippen LogP contribution in [0.5, 0.6) is 0 Å². The molecule has 84 valence electrons. The monoisotopic (exact) mass is 344 g/mol. The van der Waals surface area contributed by atoms with Crippen molar-refractivity contribution in [2.75, 3.05) is 11.9 Å². The number of hydrogen-bond donors (Lipinski definition) is 2. The Bertz CT molecular complexity index is 460. The van der Waals surface area contributed by atoms with Crippen molar-refractivity contribution in [3.8, 4) is 6.07 Å². The highest BCUT2D eigenvalue weighted by Crippen LogP contribution is 2.26. The quantitative estimate of drug-likeness (QED) is 0.643. The lowest BCUT2D eigenvalue weighted by atomic mass is 10.2. The zero-order valence-electron chi connectivity index (χ0n) is 8.59. The Morgan fingerprint density at radius 3 is 2.75 bits per heavy atom. The van der Waals surface area contributed by atoms with Crippen molar-refractivity contribution in [3.63, 3.8) is 0 Å². The zero-order valence-corrected chi connectivity index (χ0v) is 11.8. The summed E-state index contributed by atoms with van der Waals surface area (Å²) in [6.07, 6.45) is 0. The molecule has 1 aromatic carbocycles. The standard InChI is InChI=1S/C11H10Br2N2O/c1-7(16)8(5-14)6-15-11-4-9(12)2-3-10(11)13/h2-4,15-16H,6H2,1H3/b8-7+. The van der Waals surface area contributed by atoms with Gasteiger partial charge in [-0.1, -0.05) is 15.9 Å². The first-order chi connectivity index (χ1) is 7.54. The molecule has 2 N–H and O–H groups in total. The largest absolute Gasteiger partial charge is 0.512 e. The van der Waals surface area contributed by atoms with E-state index in [0.717, 1.165) is 14.6 Å². The van der Waals surface area contributed by atoms with E-state index in [-0.39, 0.29) is 5.76 Å². The molecule has 0 bridgehead atoms. The van der Waals surface area contributed by atoms with Crippen molar-refractivity contribution in [1.82, 2.24) is 0 Å². The van der Waals surface area contributed by atoms with Crippen molar-refractivity contribution in [2.45, 2.75) is 6.92 Å². The molecule has 0 aliphatic rings. The van der Waals surface area contributed by atoms with Gasteiger partial charge in [-0.25, -0.2) is 0 Å². The Labute approximate surface area is 111 Å². The molecule has 1 rings (SSSR count). The minimum absolute atomic E-state index is 0.0427. The second-order valence-electron chi connectivity index (χ2n) is 3.15. The van der Waals surface area contributed by atoms with Crippen LogP contribution in [0.4, 0.5) is 5.69 Å². The summed E-state index contributed by atoms with van der Waals surface area (Å²) in [5, 5.41) is 21.0. The van der Waals surface area contributed by atoms with Gasteiger partial charge in [0.25, 0.3) is 0 Å². The number of aliphatic hydroxyl groups excluding tert-OH is 1. The van der Waals surface area contributed by atoms with Crippen molar-refractivity contribution in [1.29, 1.82) is 5.26 Å². The number of aliphatic hydroxyl groups is 1. The summed E-state index contributed by atoms with van der Waals surface area (Å²) in [5.74, 6) is 0.0427. The molecule has 0 amide bonds. The molecule has 0 saturated carbocycles. The van der Waals surface area contributed by atoms with E-state index in [0.29, 0.717) is 12.1 Å². The Kier molecular flexibility index (Phi) is 4.84. The predicted molar refractivity (Wildman–Crippen MR) is 71.3 cm³/mol. The van der Waals surface area contributed by atoms with Gasteiger partial charge >= 0.3 is 0 Å². The number of hydrogen-bond acceptors (Lipinski definition) is 3. The average molecular weight is 346 g/mol. The number of nitriles is 1. The highest BCUT2D eigenvalue weighted by molar-refractivity contribution is 9.11. The number of rotatable bonds is 3. The molecule has 16 heavy (non-hydrogen) atoms. The third-order valence-corrected chi connectivity index (χ3v) is 3.14. The first-order valence-electron chi connectivity index (χ1n) is 4.52. The van der Waals surface area contributed by atoms with Crippen molar-refractivity contribution in [3.05, 3.63) is 38.5 Å². The van der Waals surface area contributed by atoms with E-state index in [2.05, 4.69) is 37.2 Å². The van der Waals surface area contributed by atoms with Crippen molar-refractivity contribution < 1.29 is 5.11 Å². The van der Waals surface area contributed by atoms with Crippen LogP contribution in [0, 0.1) is 11.3 Å². The molecule has 0 aromatic heterocycles. The van der Waals surface area contributed by atoms with E-state index in [4.69, 9.17) is 5.26 Å². The third kappa shape index (κ3) is 3.54. The van der Waals surface area contributed by atoms with Crippen LogP contribution in [0.25, 0.3) is 0 Å². The van der Waals surface area contributed by atoms with E-state index in [1.807, 2.05) is 24.3 Å². The molecular weight excluding hydrogens is 336 g/mol. The maximum atomic E-state index is 9.21. The molecule has 5 heteroatoms.